The van der Waals surface area contributed by atoms with Crippen molar-refractivity contribution >= 4 is 0 Å². The minimum absolute atomic E-state index is 0.0572. The summed E-state index contributed by atoms with van der Waals surface area (Å²) in [4.78, 5) is 4.79. The monoisotopic (exact) mass is 206 g/mol. The van der Waals surface area contributed by atoms with E-state index in [0.29, 0.717) is 12.1 Å². The van der Waals surface area contributed by atoms with Crippen molar-refractivity contribution in [3.63, 3.8) is 0 Å². The van der Waals surface area contributed by atoms with Crippen molar-refractivity contribution in [3.8, 4) is 0 Å². The predicted molar refractivity (Wildman–Crippen MR) is 54.6 cm³/mol. The average Bonchev–Trinajstić information content (AvgIpc) is 2.18. The molecular weight excluding hydrogens is 195 g/mol. The van der Waals surface area contributed by atoms with E-state index in [4.69, 9.17) is 5.53 Å². The van der Waals surface area contributed by atoms with Gasteiger partial charge in [-0.15, -0.1) is 0 Å². The molecule has 15 heavy (non-hydrogen) atoms. The second-order valence-corrected chi connectivity index (χ2v) is 3.64. The summed E-state index contributed by atoms with van der Waals surface area (Å²) in [6, 6.07) is 6.79. The minimum atomic E-state index is -0.176. The largest absolute Gasteiger partial charge is 0.298 e. The molecule has 0 N–H and O–H groups in total. The third-order valence-corrected chi connectivity index (χ3v) is 2.50. The molecule has 1 aromatic rings. The Bertz CT molecular complexity index is 394. The van der Waals surface area contributed by atoms with E-state index in [-0.39, 0.29) is 11.9 Å². The van der Waals surface area contributed by atoms with Crippen molar-refractivity contribution in [3.05, 3.63) is 46.1 Å². The second kappa shape index (κ2) is 4.29. The third kappa shape index (κ3) is 2.26. The summed E-state index contributed by atoms with van der Waals surface area (Å²) >= 11 is 0. The predicted octanol–water partition coefficient (Wildman–Crippen LogP) is 2.32. The summed E-state index contributed by atoms with van der Waals surface area (Å²) in [5, 5.41) is 3.59. The lowest BCUT2D eigenvalue weighted by molar-refractivity contribution is 0.141. The first-order chi connectivity index (χ1) is 7.29. The fourth-order valence-electron chi connectivity index (χ4n) is 1.69. The van der Waals surface area contributed by atoms with E-state index in [1.165, 1.54) is 6.07 Å². The smallest absolute Gasteiger partial charge is 0.127 e. The number of azide groups is 1. The van der Waals surface area contributed by atoms with Gasteiger partial charge in [0.15, 0.2) is 0 Å². The summed E-state index contributed by atoms with van der Waals surface area (Å²) in [6.07, 6.45) is 0. The van der Waals surface area contributed by atoms with Crippen molar-refractivity contribution in [1.82, 2.24) is 4.90 Å². The molecule has 2 rings (SSSR count). The van der Waals surface area contributed by atoms with Gasteiger partial charge in [0, 0.05) is 30.1 Å². The Morgan fingerprint density at radius 1 is 1.47 bits per heavy atom. The molecule has 1 aliphatic rings. The van der Waals surface area contributed by atoms with Crippen LogP contribution in [0.15, 0.2) is 29.4 Å². The zero-order valence-electron chi connectivity index (χ0n) is 8.17. The molecule has 0 aromatic heterocycles. The zero-order valence-corrected chi connectivity index (χ0v) is 8.17. The lowest BCUT2D eigenvalue weighted by Gasteiger charge is -2.36. The third-order valence-electron chi connectivity index (χ3n) is 2.50. The first-order valence-corrected chi connectivity index (χ1v) is 4.79. The van der Waals surface area contributed by atoms with Gasteiger partial charge in [-0.3, -0.25) is 4.90 Å². The molecule has 1 heterocycles. The molecule has 4 nitrogen and oxygen atoms in total. The van der Waals surface area contributed by atoms with Crippen molar-refractivity contribution in [2.75, 3.05) is 13.1 Å². The van der Waals surface area contributed by atoms with Gasteiger partial charge in [-0.25, -0.2) is 4.39 Å². The number of hydrogen-bond acceptors (Lipinski definition) is 2. The van der Waals surface area contributed by atoms with Crippen molar-refractivity contribution in [1.29, 1.82) is 0 Å². The highest BCUT2D eigenvalue weighted by Crippen LogP contribution is 2.17. The molecule has 0 unspecified atom stereocenters. The molecule has 0 spiro atoms. The molecule has 0 atom stereocenters. The van der Waals surface area contributed by atoms with Crippen molar-refractivity contribution in [2.24, 2.45) is 5.11 Å². The Morgan fingerprint density at radius 3 is 2.87 bits per heavy atom. The van der Waals surface area contributed by atoms with Gasteiger partial charge in [0.1, 0.15) is 5.82 Å². The molecule has 0 aliphatic carbocycles. The summed E-state index contributed by atoms with van der Waals surface area (Å²) in [7, 11) is 0. The second-order valence-electron chi connectivity index (χ2n) is 3.64. The van der Waals surface area contributed by atoms with Crippen LogP contribution in [-0.2, 0) is 6.54 Å². The number of halogens is 1. The van der Waals surface area contributed by atoms with E-state index >= 15 is 0 Å². The van der Waals surface area contributed by atoms with Crippen LogP contribution in [0.2, 0.25) is 0 Å². The highest BCUT2D eigenvalue weighted by Gasteiger charge is 2.25. The van der Waals surface area contributed by atoms with E-state index in [1.54, 1.807) is 12.1 Å². The highest BCUT2D eigenvalue weighted by molar-refractivity contribution is 5.17. The lowest BCUT2D eigenvalue weighted by Crippen LogP contribution is -2.48. The summed E-state index contributed by atoms with van der Waals surface area (Å²) in [5.74, 6) is -0.176. The molecule has 0 radical (unpaired) electrons. The molecule has 1 saturated heterocycles. The number of benzene rings is 1. The molecule has 0 amide bonds. The summed E-state index contributed by atoms with van der Waals surface area (Å²) in [5.41, 5.74) is 8.89. The van der Waals surface area contributed by atoms with Gasteiger partial charge in [-0.1, -0.05) is 23.3 Å². The van der Waals surface area contributed by atoms with Crippen LogP contribution < -0.4 is 0 Å². The quantitative estimate of drug-likeness (QED) is 0.425. The van der Waals surface area contributed by atoms with Crippen molar-refractivity contribution in [2.45, 2.75) is 12.6 Å². The Hall–Kier alpha value is -1.58. The molecule has 1 aliphatic heterocycles. The van der Waals surface area contributed by atoms with Crippen LogP contribution in [0.3, 0.4) is 0 Å². The Kier molecular flexibility index (Phi) is 2.85. The lowest BCUT2D eigenvalue weighted by atomic mass is 10.1. The van der Waals surface area contributed by atoms with E-state index in [9.17, 15) is 4.39 Å². The fourth-order valence-corrected chi connectivity index (χ4v) is 1.69. The van der Waals surface area contributed by atoms with Crippen LogP contribution in [0.25, 0.3) is 10.4 Å². The normalized spacial score (nSPS) is 16.9. The first kappa shape index (κ1) is 9.96. The Labute approximate surface area is 86.9 Å². The molecule has 1 aromatic carbocycles. The van der Waals surface area contributed by atoms with Gasteiger partial charge in [-0.05, 0) is 11.6 Å². The van der Waals surface area contributed by atoms with Crippen molar-refractivity contribution < 1.29 is 4.39 Å². The number of nitrogens with zero attached hydrogens (tertiary/aromatic N) is 4. The number of rotatable bonds is 3. The number of hydrogen-bond donors (Lipinski definition) is 0. The average molecular weight is 206 g/mol. The van der Waals surface area contributed by atoms with Gasteiger partial charge < -0.3 is 0 Å². The van der Waals surface area contributed by atoms with Crippen LogP contribution >= 0.6 is 0 Å². The maximum atomic E-state index is 13.2. The standard InChI is InChI=1S/C10H11FN4/c11-10-4-2-1-3-8(10)5-15-6-9(7-15)13-14-12/h1-4,9H,5-7H2. The Balaban J connectivity index is 1.90. The molecule has 5 heteroatoms. The molecule has 0 bridgehead atoms. The maximum Gasteiger partial charge on any atom is 0.127 e. The van der Waals surface area contributed by atoms with Crippen LogP contribution in [0, 0.1) is 5.82 Å². The van der Waals surface area contributed by atoms with Crippen LogP contribution in [0.1, 0.15) is 5.56 Å². The van der Waals surface area contributed by atoms with Crippen LogP contribution in [-0.4, -0.2) is 24.0 Å². The number of likely N-dealkylation sites (tertiary alicyclic amines) is 1. The van der Waals surface area contributed by atoms with Crippen LogP contribution in [0.5, 0.6) is 0 Å². The molecule has 0 saturated carbocycles. The zero-order chi connectivity index (χ0) is 10.7. The topological polar surface area (TPSA) is 52.0 Å². The van der Waals surface area contributed by atoms with E-state index in [0.717, 1.165) is 13.1 Å². The van der Waals surface area contributed by atoms with E-state index < -0.39 is 0 Å². The highest BCUT2D eigenvalue weighted by atomic mass is 19.1. The molecular formula is C10H11FN4. The fraction of sp³-hybridized carbons (Fsp3) is 0.400. The first-order valence-electron chi connectivity index (χ1n) is 4.79. The van der Waals surface area contributed by atoms with Gasteiger partial charge in [-0.2, -0.15) is 0 Å². The van der Waals surface area contributed by atoms with Gasteiger partial charge in [0.2, 0.25) is 0 Å². The summed E-state index contributed by atoms with van der Waals surface area (Å²) < 4.78 is 13.2. The minimum Gasteiger partial charge on any atom is -0.298 e. The maximum absolute atomic E-state index is 13.2. The Morgan fingerprint density at radius 2 is 2.20 bits per heavy atom. The van der Waals surface area contributed by atoms with E-state index in [1.807, 2.05) is 6.07 Å². The van der Waals surface area contributed by atoms with Gasteiger partial charge in [0.25, 0.3) is 0 Å². The van der Waals surface area contributed by atoms with Gasteiger partial charge >= 0.3 is 0 Å². The summed E-state index contributed by atoms with van der Waals surface area (Å²) in [6.45, 7) is 2.03. The SMILES string of the molecule is [N-]=[N+]=NC1CN(Cc2ccccc2F)C1. The van der Waals surface area contributed by atoms with Crippen LogP contribution in [0.4, 0.5) is 4.39 Å². The van der Waals surface area contributed by atoms with Gasteiger partial charge in [0.05, 0.1) is 6.04 Å². The van der Waals surface area contributed by atoms with E-state index in [2.05, 4.69) is 14.9 Å². The molecule has 1 fully saturated rings. The molecule has 78 valence electrons.